The SMILES string of the molecule is NCCCN1CCN(Cc2c(Cl)cccc2Cl)CC1. The van der Waals surface area contributed by atoms with Crippen LogP contribution in [0.1, 0.15) is 12.0 Å². The normalized spacial score (nSPS) is 17.8. The number of hydrogen-bond donors (Lipinski definition) is 1. The van der Waals surface area contributed by atoms with Gasteiger partial charge in [-0.3, -0.25) is 4.90 Å². The first-order valence-electron chi connectivity index (χ1n) is 6.78. The van der Waals surface area contributed by atoms with Gasteiger partial charge in [0.1, 0.15) is 0 Å². The van der Waals surface area contributed by atoms with Crippen molar-refractivity contribution in [1.82, 2.24) is 9.80 Å². The van der Waals surface area contributed by atoms with Crippen molar-refractivity contribution in [2.24, 2.45) is 5.73 Å². The zero-order valence-electron chi connectivity index (χ0n) is 11.1. The number of piperazine rings is 1. The molecule has 0 bridgehead atoms. The fraction of sp³-hybridized carbons (Fsp3) is 0.571. The molecule has 0 spiro atoms. The monoisotopic (exact) mass is 301 g/mol. The number of nitrogens with zero attached hydrogens (tertiary/aromatic N) is 2. The molecular formula is C14H21Cl2N3. The van der Waals surface area contributed by atoms with Gasteiger partial charge in [-0.05, 0) is 31.6 Å². The molecule has 1 heterocycles. The van der Waals surface area contributed by atoms with Crippen LogP contribution in [0.2, 0.25) is 10.0 Å². The Morgan fingerprint density at radius 1 is 1.00 bits per heavy atom. The molecule has 2 N–H and O–H groups in total. The Bertz CT molecular complexity index is 383. The number of rotatable bonds is 5. The van der Waals surface area contributed by atoms with Gasteiger partial charge in [0.25, 0.3) is 0 Å². The van der Waals surface area contributed by atoms with E-state index in [-0.39, 0.29) is 0 Å². The third-order valence-corrected chi connectivity index (χ3v) is 4.30. The summed E-state index contributed by atoms with van der Waals surface area (Å²) in [6.07, 6.45) is 1.08. The highest BCUT2D eigenvalue weighted by atomic mass is 35.5. The molecule has 1 saturated heterocycles. The van der Waals surface area contributed by atoms with Gasteiger partial charge in [-0.2, -0.15) is 0 Å². The Morgan fingerprint density at radius 2 is 1.58 bits per heavy atom. The van der Waals surface area contributed by atoms with E-state index in [0.717, 1.165) is 67.8 Å². The Balaban J connectivity index is 1.85. The molecule has 5 heteroatoms. The van der Waals surface area contributed by atoms with E-state index in [4.69, 9.17) is 28.9 Å². The molecule has 1 aliphatic heterocycles. The molecule has 1 fully saturated rings. The molecule has 1 aromatic rings. The molecule has 2 rings (SSSR count). The summed E-state index contributed by atoms with van der Waals surface area (Å²) >= 11 is 12.4. The van der Waals surface area contributed by atoms with Gasteiger partial charge in [-0.1, -0.05) is 29.3 Å². The van der Waals surface area contributed by atoms with Gasteiger partial charge >= 0.3 is 0 Å². The van der Waals surface area contributed by atoms with Crippen LogP contribution in [-0.2, 0) is 6.54 Å². The lowest BCUT2D eigenvalue weighted by atomic mass is 10.2. The quantitative estimate of drug-likeness (QED) is 0.907. The number of hydrogen-bond acceptors (Lipinski definition) is 3. The van der Waals surface area contributed by atoms with E-state index in [1.54, 1.807) is 0 Å². The number of benzene rings is 1. The highest BCUT2D eigenvalue weighted by Crippen LogP contribution is 2.25. The lowest BCUT2D eigenvalue weighted by Crippen LogP contribution is -2.46. The van der Waals surface area contributed by atoms with Crippen LogP contribution in [0, 0.1) is 0 Å². The van der Waals surface area contributed by atoms with E-state index >= 15 is 0 Å². The summed E-state index contributed by atoms with van der Waals surface area (Å²) in [5, 5.41) is 1.52. The second kappa shape index (κ2) is 7.46. The lowest BCUT2D eigenvalue weighted by molar-refractivity contribution is 0.127. The summed E-state index contributed by atoms with van der Waals surface area (Å²) in [6, 6.07) is 5.69. The molecule has 0 aliphatic carbocycles. The zero-order chi connectivity index (χ0) is 13.7. The van der Waals surface area contributed by atoms with Gasteiger partial charge in [-0.15, -0.1) is 0 Å². The summed E-state index contributed by atoms with van der Waals surface area (Å²) < 4.78 is 0. The first-order valence-corrected chi connectivity index (χ1v) is 7.54. The van der Waals surface area contributed by atoms with E-state index < -0.39 is 0 Å². The van der Waals surface area contributed by atoms with E-state index in [1.165, 1.54) is 0 Å². The maximum atomic E-state index is 6.21. The van der Waals surface area contributed by atoms with Crippen molar-refractivity contribution in [3.05, 3.63) is 33.8 Å². The summed E-state index contributed by atoms with van der Waals surface area (Å²) in [5.41, 5.74) is 6.58. The first kappa shape index (κ1) is 15.1. The zero-order valence-corrected chi connectivity index (χ0v) is 12.6. The van der Waals surface area contributed by atoms with Gasteiger partial charge in [-0.25, -0.2) is 0 Å². The van der Waals surface area contributed by atoms with Crippen LogP contribution in [0.3, 0.4) is 0 Å². The van der Waals surface area contributed by atoms with Crippen molar-refractivity contribution in [1.29, 1.82) is 0 Å². The Morgan fingerprint density at radius 3 is 2.16 bits per heavy atom. The average Bonchev–Trinajstić information content (AvgIpc) is 2.42. The molecule has 19 heavy (non-hydrogen) atoms. The van der Waals surface area contributed by atoms with Crippen molar-refractivity contribution in [3.8, 4) is 0 Å². The molecule has 0 atom stereocenters. The number of halogens is 2. The highest BCUT2D eigenvalue weighted by molar-refractivity contribution is 6.35. The molecular weight excluding hydrogens is 281 g/mol. The molecule has 106 valence electrons. The second-order valence-corrected chi connectivity index (χ2v) is 5.77. The van der Waals surface area contributed by atoms with E-state index in [2.05, 4.69) is 9.80 Å². The molecule has 0 saturated carbocycles. The van der Waals surface area contributed by atoms with Gasteiger partial charge in [0.2, 0.25) is 0 Å². The van der Waals surface area contributed by atoms with Crippen LogP contribution in [0.15, 0.2) is 18.2 Å². The van der Waals surface area contributed by atoms with Gasteiger partial charge < -0.3 is 10.6 Å². The summed E-state index contributed by atoms with van der Waals surface area (Å²) in [4.78, 5) is 4.88. The van der Waals surface area contributed by atoms with Crippen LogP contribution in [0.5, 0.6) is 0 Å². The minimum Gasteiger partial charge on any atom is -0.330 e. The van der Waals surface area contributed by atoms with Crippen molar-refractivity contribution in [2.45, 2.75) is 13.0 Å². The predicted molar refractivity (Wildman–Crippen MR) is 81.9 cm³/mol. The number of nitrogens with two attached hydrogens (primary N) is 1. The van der Waals surface area contributed by atoms with E-state index in [0.29, 0.717) is 0 Å². The molecule has 0 radical (unpaired) electrons. The van der Waals surface area contributed by atoms with Crippen LogP contribution in [0.25, 0.3) is 0 Å². The van der Waals surface area contributed by atoms with Gasteiger partial charge in [0.05, 0.1) is 0 Å². The molecule has 1 aromatic carbocycles. The van der Waals surface area contributed by atoms with Crippen LogP contribution < -0.4 is 5.73 Å². The average molecular weight is 302 g/mol. The topological polar surface area (TPSA) is 32.5 Å². The molecule has 0 aromatic heterocycles. The fourth-order valence-electron chi connectivity index (χ4n) is 2.39. The Kier molecular flexibility index (Phi) is 5.92. The van der Waals surface area contributed by atoms with Crippen molar-refractivity contribution >= 4 is 23.2 Å². The standard InChI is InChI=1S/C14H21Cl2N3/c15-13-3-1-4-14(16)12(13)11-19-9-7-18(8-10-19)6-2-5-17/h1,3-4H,2,5-11,17H2. The van der Waals surface area contributed by atoms with Crippen LogP contribution in [-0.4, -0.2) is 49.1 Å². The smallest absolute Gasteiger partial charge is 0.0465 e. The molecule has 1 aliphatic rings. The molecule has 3 nitrogen and oxygen atoms in total. The van der Waals surface area contributed by atoms with Crippen LogP contribution in [0.4, 0.5) is 0 Å². The Labute approximate surface area is 125 Å². The predicted octanol–water partition coefficient (Wildman–Crippen LogP) is 2.46. The summed E-state index contributed by atoms with van der Waals surface area (Å²) in [7, 11) is 0. The van der Waals surface area contributed by atoms with E-state index in [9.17, 15) is 0 Å². The van der Waals surface area contributed by atoms with E-state index in [1.807, 2.05) is 18.2 Å². The molecule has 0 unspecified atom stereocenters. The third-order valence-electron chi connectivity index (χ3n) is 3.59. The van der Waals surface area contributed by atoms with Gasteiger partial charge in [0, 0.05) is 48.3 Å². The Hall–Kier alpha value is -0.320. The highest BCUT2D eigenvalue weighted by Gasteiger charge is 2.18. The first-order chi connectivity index (χ1) is 9.20. The third kappa shape index (κ3) is 4.33. The van der Waals surface area contributed by atoms with Gasteiger partial charge in [0.15, 0.2) is 0 Å². The lowest BCUT2D eigenvalue weighted by Gasteiger charge is -2.34. The van der Waals surface area contributed by atoms with Crippen molar-refractivity contribution < 1.29 is 0 Å². The minimum absolute atomic E-state index is 0.762. The maximum absolute atomic E-state index is 6.21. The minimum atomic E-state index is 0.762. The van der Waals surface area contributed by atoms with Crippen LogP contribution >= 0.6 is 23.2 Å². The largest absolute Gasteiger partial charge is 0.330 e. The van der Waals surface area contributed by atoms with Crippen molar-refractivity contribution in [3.63, 3.8) is 0 Å². The van der Waals surface area contributed by atoms with Crippen molar-refractivity contribution in [2.75, 3.05) is 39.3 Å². The fourth-order valence-corrected chi connectivity index (χ4v) is 2.91. The summed E-state index contributed by atoms with van der Waals surface area (Å²) in [5.74, 6) is 0. The summed E-state index contributed by atoms with van der Waals surface area (Å²) in [6.45, 7) is 7.04. The second-order valence-electron chi connectivity index (χ2n) is 4.96. The molecule has 0 amide bonds. The maximum Gasteiger partial charge on any atom is 0.0465 e.